The summed E-state index contributed by atoms with van der Waals surface area (Å²) < 4.78 is 0. The van der Waals surface area contributed by atoms with Crippen LogP contribution in [0.15, 0.2) is 12.7 Å². The van der Waals surface area contributed by atoms with Gasteiger partial charge in [0.2, 0.25) is 5.91 Å². The van der Waals surface area contributed by atoms with E-state index in [1.54, 1.807) is 10.8 Å². The third-order valence-corrected chi connectivity index (χ3v) is 3.60. The van der Waals surface area contributed by atoms with Gasteiger partial charge in [0.05, 0.1) is 0 Å². The Bertz CT molecular complexity index is 153. The molecule has 0 fully saturated rings. The molecule has 1 amide bonds. The van der Waals surface area contributed by atoms with Gasteiger partial charge >= 0.3 is 0 Å². The maximum atomic E-state index is 10.7. The quantitative estimate of drug-likeness (QED) is 0.362. The van der Waals surface area contributed by atoms with Crippen LogP contribution in [0, 0.1) is 0 Å². The number of hydrogen-bond donors (Lipinski definition) is 2. The Hall–Kier alpha value is -0.130. The number of nitrogens with one attached hydrogen (secondary N) is 2. The summed E-state index contributed by atoms with van der Waals surface area (Å²) >= 11 is 0. The molecule has 0 spiro atoms. The third kappa shape index (κ3) is 9.79. The fourth-order valence-electron chi connectivity index (χ4n) is 0.550. The first kappa shape index (κ1) is 12.9. The van der Waals surface area contributed by atoms with E-state index in [-0.39, 0.29) is 5.91 Å². The molecule has 0 saturated carbocycles. The van der Waals surface area contributed by atoms with Crippen molar-refractivity contribution in [3.05, 3.63) is 12.7 Å². The maximum Gasteiger partial charge on any atom is 0.243 e. The van der Waals surface area contributed by atoms with Gasteiger partial charge in [0.1, 0.15) is 0 Å². The summed E-state index contributed by atoms with van der Waals surface area (Å²) in [6.45, 7) is 5.10. The lowest BCUT2D eigenvalue weighted by Crippen LogP contribution is -2.23. The Morgan fingerprint density at radius 3 is 2.54 bits per heavy atom. The molecule has 13 heavy (non-hydrogen) atoms. The molecular weight excluding hydrogens is 204 g/mol. The molecule has 0 aromatic heterocycles. The Morgan fingerprint density at radius 2 is 2.00 bits per heavy atom. The summed E-state index contributed by atoms with van der Waals surface area (Å²) in [5.74, 6) is 1.94. The van der Waals surface area contributed by atoms with E-state index in [2.05, 4.69) is 17.2 Å². The largest absolute Gasteiger partial charge is 0.352 e. The first-order valence-corrected chi connectivity index (χ1v) is 6.59. The standard InChI is InChI=1S/C8H16N2OS2/c1-3-8(11)10-5-7-13-12-6-4-9-2/h3,9H,1,4-7H2,2H3,(H,10,11). The molecule has 0 aliphatic rings. The summed E-state index contributed by atoms with van der Waals surface area (Å²) in [6.07, 6.45) is 1.29. The molecule has 76 valence electrons. The van der Waals surface area contributed by atoms with Crippen LogP contribution < -0.4 is 10.6 Å². The van der Waals surface area contributed by atoms with Crippen LogP contribution in [-0.4, -0.2) is 37.6 Å². The smallest absolute Gasteiger partial charge is 0.243 e. The van der Waals surface area contributed by atoms with Crippen LogP contribution in [-0.2, 0) is 4.79 Å². The molecule has 0 aliphatic heterocycles. The van der Waals surface area contributed by atoms with E-state index in [1.165, 1.54) is 6.08 Å². The van der Waals surface area contributed by atoms with Gasteiger partial charge < -0.3 is 10.6 Å². The van der Waals surface area contributed by atoms with Gasteiger partial charge in [-0.2, -0.15) is 0 Å². The number of amides is 1. The normalized spacial score (nSPS) is 9.62. The fourth-order valence-corrected chi connectivity index (χ4v) is 2.47. The van der Waals surface area contributed by atoms with Crippen molar-refractivity contribution in [1.29, 1.82) is 0 Å². The summed E-state index contributed by atoms with van der Waals surface area (Å²) in [6, 6.07) is 0. The number of rotatable bonds is 8. The van der Waals surface area contributed by atoms with E-state index >= 15 is 0 Å². The van der Waals surface area contributed by atoms with Crippen molar-refractivity contribution >= 4 is 27.5 Å². The second-order valence-corrected chi connectivity index (χ2v) is 4.94. The van der Waals surface area contributed by atoms with Crippen LogP contribution in [0.25, 0.3) is 0 Å². The Kier molecular flexibility index (Phi) is 9.85. The first-order chi connectivity index (χ1) is 6.31. The number of hydrogen-bond acceptors (Lipinski definition) is 4. The summed E-state index contributed by atoms with van der Waals surface area (Å²) in [5.41, 5.74) is 0. The monoisotopic (exact) mass is 220 g/mol. The summed E-state index contributed by atoms with van der Waals surface area (Å²) in [5, 5.41) is 5.79. The number of carbonyl (C=O) groups is 1. The van der Waals surface area contributed by atoms with E-state index in [0.717, 1.165) is 18.1 Å². The molecule has 0 heterocycles. The average Bonchev–Trinajstić information content (AvgIpc) is 2.16. The van der Waals surface area contributed by atoms with Crippen molar-refractivity contribution in [1.82, 2.24) is 10.6 Å². The highest BCUT2D eigenvalue weighted by atomic mass is 33.1. The highest BCUT2D eigenvalue weighted by Crippen LogP contribution is 2.18. The molecule has 0 aromatic carbocycles. The van der Waals surface area contributed by atoms with Crippen LogP contribution in [0.1, 0.15) is 0 Å². The molecule has 5 heteroatoms. The van der Waals surface area contributed by atoms with E-state index in [1.807, 2.05) is 17.8 Å². The average molecular weight is 220 g/mol. The van der Waals surface area contributed by atoms with Gasteiger partial charge in [-0.25, -0.2) is 0 Å². The van der Waals surface area contributed by atoms with Crippen molar-refractivity contribution in [2.45, 2.75) is 0 Å². The van der Waals surface area contributed by atoms with Crippen molar-refractivity contribution < 1.29 is 4.79 Å². The predicted molar refractivity (Wildman–Crippen MR) is 62.0 cm³/mol. The van der Waals surface area contributed by atoms with Crippen molar-refractivity contribution in [2.24, 2.45) is 0 Å². The van der Waals surface area contributed by atoms with Crippen molar-refractivity contribution in [2.75, 3.05) is 31.6 Å². The summed E-state index contributed by atoms with van der Waals surface area (Å²) in [7, 11) is 5.53. The van der Waals surface area contributed by atoms with Crippen LogP contribution in [0.3, 0.4) is 0 Å². The second kappa shape index (κ2) is 9.95. The van der Waals surface area contributed by atoms with Crippen LogP contribution in [0.5, 0.6) is 0 Å². The number of carbonyl (C=O) groups excluding carboxylic acids is 1. The molecule has 3 nitrogen and oxygen atoms in total. The second-order valence-electron chi connectivity index (χ2n) is 2.24. The SMILES string of the molecule is C=CC(=O)NCCSSCCNC. The van der Waals surface area contributed by atoms with Crippen LogP contribution in [0.4, 0.5) is 0 Å². The third-order valence-electron chi connectivity index (χ3n) is 1.19. The van der Waals surface area contributed by atoms with Gasteiger partial charge in [-0.05, 0) is 13.1 Å². The van der Waals surface area contributed by atoms with Crippen molar-refractivity contribution in [3.8, 4) is 0 Å². The topological polar surface area (TPSA) is 41.1 Å². The summed E-state index contributed by atoms with van der Waals surface area (Å²) in [4.78, 5) is 10.7. The van der Waals surface area contributed by atoms with Gasteiger partial charge in [0.25, 0.3) is 0 Å². The predicted octanol–water partition coefficient (Wildman–Crippen LogP) is 0.889. The van der Waals surface area contributed by atoms with E-state index < -0.39 is 0 Å². The zero-order chi connectivity index (χ0) is 9.94. The van der Waals surface area contributed by atoms with Gasteiger partial charge in [0.15, 0.2) is 0 Å². The highest BCUT2D eigenvalue weighted by Gasteiger charge is 1.93. The molecule has 0 rings (SSSR count). The molecule has 0 aliphatic carbocycles. The lowest BCUT2D eigenvalue weighted by atomic mass is 10.6. The molecule has 0 radical (unpaired) electrons. The van der Waals surface area contributed by atoms with Gasteiger partial charge in [-0.1, -0.05) is 28.2 Å². The minimum Gasteiger partial charge on any atom is -0.352 e. The first-order valence-electron chi connectivity index (χ1n) is 4.10. The van der Waals surface area contributed by atoms with Crippen LogP contribution in [0.2, 0.25) is 0 Å². The molecular formula is C8H16N2OS2. The van der Waals surface area contributed by atoms with E-state index in [0.29, 0.717) is 6.54 Å². The fraction of sp³-hybridized carbons (Fsp3) is 0.625. The molecule has 0 saturated heterocycles. The Morgan fingerprint density at radius 1 is 1.38 bits per heavy atom. The van der Waals surface area contributed by atoms with Gasteiger partial charge in [0, 0.05) is 24.6 Å². The zero-order valence-corrected chi connectivity index (χ0v) is 9.47. The molecule has 0 aromatic rings. The molecule has 0 unspecified atom stereocenters. The van der Waals surface area contributed by atoms with E-state index in [4.69, 9.17) is 0 Å². The Balaban J connectivity index is 2.99. The molecule has 0 bridgehead atoms. The van der Waals surface area contributed by atoms with Gasteiger partial charge in [-0.3, -0.25) is 4.79 Å². The van der Waals surface area contributed by atoms with Crippen LogP contribution >= 0.6 is 21.6 Å². The van der Waals surface area contributed by atoms with Crippen molar-refractivity contribution in [3.63, 3.8) is 0 Å². The molecule has 2 N–H and O–H groups in total. The lowest BCUT2D eigenvalue weighted by Gasteiger charge is -2.01. The van der Waals surface area contributed by atoms with Gasteiger partial charge in [-0.15, -0.1) is 0 Å². The maximum absolute atomic E-state index is 10.7. The molecule has 0 atom stereocenters. The highest BCUT2D eigenvalue weighted by molar-refractivity contribution is 8.76. The van der Waals surface area contributed by atoms with E-state index in [9.17, 15) is 4.79 Å². The zero-order valence-electron chi connectivity index (χ0n) is 7.84. The minimum atomic E-state index is -0.0965. The Labute approximate surface area is 87.5 Å². The lowest BCUT2D eigenvalue weighted by molar-refractivity contribution is -0.116. The minimum absolute atomic E-state index is 0.0965.